The highest BCUT2D eigenvalue weighted by atomic mass is 16.3. The van der Waals surface area contributed by atoms with Gasteiger partial charge in [0.1, 0.15) is 17.4 Å². The number of rotatable bonds is 5. The van der Waals surface area contributed by atoms with Crippen LogP contribution in [0.15, 0.2) is 48.0 Å². The molecule has 0 bridgehead atoms. The number of benzene rings is 2. The molecule has 0 aromatic heterocycles. The lowest BCUT2D eigenvalue weighted by molar-refractivity contribution is -0.117. The highest BCUT2D eigenvalue weighted by Gasteiger charge is 2.15. The summed E-state index contributed by atoms with van der Waals surface area (Å²) in [5.41, 5.74) is 3.99. The van der Waals surface area contributed by atoms with Crippen LogP contribution in [0.5, 0.6) is 5.75 Å². The highest BCUT2D eigenvalue weighted by molar-refractivity contribution is 6.01. The molecular formula is C22H22N2O2. The molecule has 4 heteroatoms. The fourth-order valence-corrected chi connectivity index (χ4v) is 3.33. The molecule has 0 atom stereocenters. The van der Waals surface area contributed by atoms with Crippen LogP contribution in [0.4, 0.5) is 0 Å². The second kappa shape index (κ2) is 8.35. The molecule has 0 aliphatic heterocycles. The predicted molar refractivity (Wildman–Crippen MR) is 101 cm³/mol. The van der Waals surface area contributed by atoms with Crippen molar-refractivity contribution in [3.05, 3.63) is 70.3 Å². The summed E-state index contributed by atoms with van der Waals surface area (Å²) in [6.07, 6.45) is 6.26. The van der Waals surface area contributed by atoms with Gasteiger partial charge in [-0.25, -0.2) is 0 Å². The van der Waals surface area contributed by atoms with Gasteiger partial charge in [0, 0.05) is 6.54 Å². The zero-order valence-electron chi connectivity index (χ0n) is 14.7. The van der Waals surface area contributed by atoms with Crippen molar-refractivity contribution in [2.45, 2.75) is 32.1 Å². The van der Waals surface area contributed by atoms with Gasteiger partial charge in [-0.15, -0.1) is 0 Å². The Morgan fingerprint density at radius 3 is 2.73 bits per heavy atom. The van der Waals surface area contributed by atoms with E-state index in [1.54, 1.807) is 12.1 Å². The summed E-state index contributed by atoms with van der Waals surface area (Å²) in [5.74, 6) is -0.129. The number of hydrogen-bond acceptors (Lipinski definition) is 3. The topological polar surface area (TPSA) is 73.1 Å². The molecule has 2 aromatic carbocycles. The molecule has 1 amide bonds. The van der Waals surface area contributed by atoms with Crippen LogP contribution in [0, 0.1) is 11.3 Å². The van der Waals surface area contributed by atoms with Gasteiger partial charge in [-0.05, 0) is 66.5 Å². The summed E-state index contributed by atoms with van der Waals surface area (Å²) in [6, 6.07) is 15.5. The third-order valence-corrected chi connectivity index (χ3v) is 4.68. The van der Waals surface area contributed by atoms with Gasteiger partial charge in [0.05, 0.1) is 0 Å². The van der Waals surface area contributed by atoms with E-state index in [0.29, 0.717) is 18.5 Å². The quantitative estimate of drug-likeness (QED) is 0.642. The van der Waals surface area contributed by atoms with Gasteiger partial charge in [0.25, 0.3) is 5.91 Å². The summed E-state index contributed by atoms with van der Waals surface area (Å²) in [6.45, 7) is 0.470. The van der Waals surface area contributed by atoms with Crippen LogP contribution in [0.25, 0.3) is 6.08 Å². The van der Waals surface area contributed by atoms with Crippen molar-refractivity contribution in [2.75, 3.05) is 6.54 Å². The number of nitriles is 1. The number of amides is 1. The highest BCUT2D eigenvalue weighted by Crippen LogP contribution is 2.31. The van der Waals surface area contributed by atoms with Crippen LogP contribution in [-0.4, -0.2) is 17.6 Å². The van der Waals surface area contributed by atoms with Crippen molar-refractivity contribution in [3.63, 3.8) is 0 Å². The van der Waals surface area contributed by atoms with Crippen molar-refractivity contribution in [2.24, 2.45) is 0 Å². The molecule has 1 aliphatic rings. The molecule has 1 aliphatic carbocycles. The molecule has 0 saturated heterocycles. The number of nitrogens with zero attached hydrogens (tertiary/aromatic N) is 1. The molecule has 4 nitrogen and oxygen atoms in total. The normalized spacial score (nSPS) is 13.6. The van der Waals surface area contributed by atoms with E-state index in [9.17, 15) is 15.2 Å². The maximum atomic E-state index is 12.3. The number of aromatic hydroxyl groups is 1. The lowest BCUT2D eigenvalue weighted by Crippen LogP contribution is -2.26. The van der Waals surface area contributed by atoms with Gasteiger partial charge in [0.2, 0.25) is 0 Å². The number of phenolic OH excluding ortho intramolecular Hbond substituents is 1. The van der Waals surface area contributed by atoms with Crippen LogP contribution < -0.4 is 5.32 Å². The molecule has 2 aromatic rings. The van der Waals surface area contributed by atoms with Crippen molar-refractivity contribution in [3.8, 4) is 11.8 Å². The molecule has 0 spiro atoms. The summed E-state index contributed by atoms with van der Waals surface area (Å²) < 4.78 is 0. The van der Waals surface area contributed by atoms with Crippen LogP contribution in [-0.2, 0) is 24.1 Å². The largest absolute Gasteiger partial charge is 0.508 e. The van der Waals surface area contributed by atoms with Gasteiger partial charge in [-0.2, -0.15) is 5.26 Å². The molecule has 0 fully saturated rings. The van der Waals surface area contributed by atoms with E-state index in [4.69, 9.17) is 0 Å². The van der Waals surface area contributed by atoms with Crippen molar-refractivity contribution in [1.82, 2.24) is 5.32 Å². The molecular weight excluding hydrogens is 324 g/mol. The van der Waals surface area contributed by atoms with Crippen LogP contribution >= 0.6 is 0 Å². The van der Waals surface area contributed by atoms with Gasteiger partial charge in [0.15, 0.2) is 0 Å². The van der Waals surface area contributed by atoms with Gasteiger partial charge in [-0.1, -0.05) is 36.4 Å². The van der Waals surface area contributed by atoms with Crippen molar-refractivity contribution >= 4 is 12.0 Å². The Morgan fingerprint density at radius 1 is 1.19 bits per heavy atom. The van der Waals surface area contributed by atoms with E-state index in [0.717, 1.165) is 42.4 Å². The Bertz CT molecular complexity index is 864. The Morgan fingerprint density at radius 2 is 1.96 bits per heavy atom. The van der Waals surface area contributed by atoms with E-state index in [-0.39, 0.29) is 17.2 Å². The Labute approximate surface area is 153 Å². The number of carbonyl (C=O) groups excluding carboxylic acids is 1. The first-order valence-corrected chi connectivity index (χ1v) is 8.96. The molecule has 0 radical (unpaired) electrons. The zero-order chi connectivity index (χ0) is 18.4. The number of carbonyl (C=O) groups is 1. The summed E-state index contributed by atoms with van der Waals surface area (Å²) in [7, 11) is 0. The molecule has 3 rings (SSSR count). The zero-order valence-corrected chi connectivity index (χ0v) is 14.7. The van der Waals surface area contributed by atoms with E-state index in [1.807, 2.05) is 42.5 Å². The van der Waals surface area contributed by atoms with E-state index < -0.39 is 0 Å². The first-order valence-electron chi connectivity index (χ1n) is 8.96. The third-order valence-electron chi connectivity index (χ3n) is 4.68. The maximum absolute atomic E-state index is 12.3. The van der Waals surface area contributed by atoms with E-state index in [1.165, 1.54) is 0 Å². The minimum atomic E-state index is -0.388. The molecule has 26 heavy (non-hydrogen) atoms. The predicted octanol–water partition coefficient (Wildman–Crippen LogP) is 3.54. The fraction of sp³-hybridized carbons (Fsp3) is 0.273. The fourth-order valence-electron chi connectivity index (χ4n) is 3.33. The molecule has 0 saturated carbocycles. The standard InChI is InChI=1S/C22H22N2O2/c23-15-19(22(26)24-11-10-16-6-2-1-3-7-16)13-17-12-18-8-4-5-9-20(18)21(25)14-17/h1-3,6-7,12-14,25H,4-5,8-11H2,(H,24,26). The summed E-state index contributed by atoms with van der Waals surface area (Å²) >= 11 is 0. The Balaban J connectivity index is 1.68. The van der Waals surface area contributed by atoms with Gasteiger partial charge < -0.3 is 10.4 Å². The average molecular weight is 346 g/mol. The molecule has 0 unspecified atom stereocenters. The van der Waals surface area contributed by atoms with Crippen molar-refractivity contribution in [1.29, 1.82) is 5.26 Å². The van der Waals surface area contributed by atoms with Gasteiger partial charge in [-0.3, -0.25) is 4.79 Å². The number of fused-ring (bicyclic) bond motifs is 1. The molecule has 2 N–H and O–H groups in total. The van der Waals surface area contributed by atoms with Crippen LogP contribution in [0.3, 0.4) is 0 Å². The van der Waals surface area contributed by atoms with Gasteiger partial charge >= 0.3 is 0 Å². The Hall–Kier alpha value is -3.06. The minimum Gasteiger partial charge on any atom is -0.508 e. The summed E-state index contributed by atoms with van der Waals surface area (Å²) in [4.78, 5) is 12.3. The van der Waals surface area contributed by atoms with Crippen LogP contribution in [0.1, 0.15) is 35.1 Å². The average Bonchev–Trinajstić information content (AvgIpc) is 2.67. The van der Waals surface area contributed by atoms with E-state index >= 15 is 0 Å². The number of nitrogens with one attached hydrogen (secondary N) is 1. The number of phenols is 1. The third kappa shape index (κ3) is 4.31. The number of aryl methyl sites for hydroxylation is 1. The molecule has 0 heterocycles. The second-order valence-corrected chi connectivity index (χ2v) is 6.55. The first kappa shape index (κ1) is 17.8. The Kier molecular flexibility index (Phi) is 5.70. The smallest absolute Gasteiger partial charge is 0.261 e. The molecule has 132 valence electrons. The number of hydrogen-bond donors (Lipinski definition) is 2. The van der Waals surface area contributed by atoms with E-state index in [2.05, 4.69) is 5.32 Å². The van der Waals surface area contributed by atoms with Crippen LogP contribution in [0.2, 0.25) is 0 Å². The monoisotopic (exact) mass is 346 g/mol. The SMILES string of the molecule is N#CC(=Cc1cc(O)c2c(c1)CCCC2)C(=O)NCCc1ccccc1. The first-order chi connectivity index (χ1) is 12.7. The lowest BCUT2D eigenvalue weighted by Gasteiger charge is -2.17. The summed E-state index contributed by atoms with van der Waals surface area (Å²) in [5, 5.41) is 22.3. The lowest BCUT2D eigenvalue weighted by atomic mass is 9.89. The minimum absolute atomic E-state index is 0.0493. The van der Waals surface area contributed by atoms with Crippen molar-refractivity contribution < 1.29 is 9.90 Å². The second-order valence-electron chi connectivity index (χ2n) is 6.55. The maximum Gasteiger partial charge on any atom is 0.261 e.